The number of aliphatic imine (C=N–C) groups is 2. The number of carbonyl (C=O) groups is 6. The fourth-order valence-electron chi connectivity index (χ4n) is 9.95. The number of benzene rings is 2. The van der Waals surface area contributed by atoms with Gasteiger partial charge in [0.15, 0.2) is 18.0 Å². The summed E-state index contributed by atoms with van der Waals surface area (Å²) in [6.07, 6.45) is 10.8. The Bertz CT molecular complexity index is 2170. The van der Waals surface area contributed by atoms with Gasteiger partial charge in [-0.1, -0.05) is 86.3 Å². The lowest BCUT2D eigenvalue weighted by atomic mass is 10.1. The summed E-state index contributed by atoms with van der Waals surface area (Å²) < 4.78 is 10.8. The lowest BCUT2D eigenvalue weighted by Crippen LogP contribution is -2.70. The standard InChI is InChI=1S/C56H92N14O8.4ClH/c57-31-13-16-33-63-36-21-39-66-69(41-18-17-34-62-35-20-32-58)52(74)47-29-30-48(53(75)77-42-44-22-7-5-8-23-44)70(47,56(76)78-43-45-24-9-6-10-25-45)50(72)28-12-2-4-15-38-65-55(61)67-51(73)46-26-19-40-68(46)49(71)27-11-1-3-14-37-64-54(59)60;;;;/h5-10,22-25,46-48,62-63,66H,1-4,11-21,26-43,57-58H2,(H6-,59,60,61,64,65,67,73);4*1H/p+1/t46-,47-,48?,70?;;;;/m0..../s1. The topological polar surface area (TPSA) is 330 Å². The summed E-state index contributed by atoms with van der Waals surface area (Å²) in [4.78, 5) is 96.3. The van der Waals surface area contributed by atoms with Gasteiger partial charge in [-0.05, 0) is 127 Å². The highest BCUT2D eigenvalue weighted by Crippen LogP contribution is 2.39. The SMILES string of the molecule is Cl.Cl.Cl.Cl.NCCCCNCCCNN(CCCCNCCCN)C(=O)[C@@H]1CCC(C(=O)OCc2ccccc2)[N+]1(C(=O)CCCCCCN=C(N)NC(=O)[C@@H]1CCCN1C(=O)CCCCCCN=C(N)N)C(=O)OCc1ccccc1. The Hall–Kier alpha value is -4.88. The second-order valence-corrected chi connectivity index (χ2v) is 20.1. The lowest BCUT2D eigenvalue weighted by molar-refractivity contribution is -0.803. The Labute approximate surface area is 510 Å². The van der Waals surface area contributed by atoms with Crippen molar-refractivity contribution in [3.8, 4) is 0 Å². The van der Waals surface area contributed by atoms with Crippen LogP contribution in [0.4, 0.5) is 4.79 Å². The van der Waals surface area contributed by atoms with Crippen molar-refractivity contribution in [3.63, 3.8) is 0 Å². The van der Waals surface area contributed by atoms with E-state index in [4.69, 9.17) is 38.1 Å². The molecule has 5 amide bonds. The van der Waals surface area contributed by atoms with Crippen molar-refractivity contribution in [2.45, 2.75) is 160 Å². The predicted molar refractivity (Wildman–Crippen MR) is 331 cm³/mol. The van der Waals surface area contributed by atoms with E-state index in [-0.39, 0.29) is 106 Å². The molecule has 82 heavy (non-hydrogen) atoms. The van der Waals surface area contributed by atoms with Crippen molar-refractivity contribution in [2.24, 2.45) is 38.7 Å². The number of quaternary nitrogens is 1. The van der Waals surface area contributed by atoms with Crippen LogP contribution in [0.1, 0.15) is 140 Å². The summed E-state index contributed by atoms with van der Waals surface area (Å²) in [5.41, 5.74) is 33.0. The molecule has 0 bridgehead atoms. The molecule has 2 aromatic carbocycles. The van der Waals surface area contributed by atoms with Gasteiger partial charge in [0.2, 0.25) is 17.9 Å². The molecule has 2 aliphatic rings. The van der Waals surface area contributed by atoms with Gasteiger partial charge in [0.05, 0.1) is 6.42 Å². The van der Waals surface area contributed by atoms with Crippen LogP contribution in [0.5, 0.6) is 0 Å². The quantitative estimate of drug-likeness (QED) is 0.0107. The van der Waals surface area contributed by atoms with Crippen LogP contribution in [-0.2, 0) is 46.7 Å². The highest BCUT2D eigenvalue weighted by molar-refractivity contribution is 6.00. The van der Waals surface area contributed by atoms with E-state index < -0.39 is 46.5 Å². The number of likely N-dealkylation sites (tertiary alicyclic amines) is 2. The fourth-order valence-corrected chi connectivity index (χ4v) is 9.95. The third-order valence-corrected chi connectivity index (χ3v) is 14.1. The summed E-state index contributed by atoms with van der Waals surface area (Å²) in [7, 11) is 0. The van der Waals surface area contributed by atoms with Gasteiger partial charge >= 0.3 is 18.0 Å². The van der Waals surface area contributed by atoms with Crippen molar-refractivity contribution in [1.82, 2.24) is 31.3 Å². The molecule has 14 N–H and O–H groups in total. The zero-order valence-electron chi connectivity index (χ0n) is 47.9. The van der Waals surface area contributed by atoms with Gasteiger partial charge in [-0.15, -0.1) is 54.1 Å². The number of carbonyl (C=O) groups excluding carboxylic acids is 6. The maximum absolute atomic E-state index is 15.2. The minimum absolute atomic E-state index is 0. The third kappa shape index (κ3) is 27.2. The van der Waals surface area contributed by atoms with Crippen LogP contribution in [0, 0.1) is 0 Å². The molecule has 2 saturated heterocycles. The molecule has 4 atom stereocenters. The first kappa shape index (κ1) is 77.1. The van der Waals surface area contributed by atoms with Crippen LogP contribution >= 0.6 is 49.6 Å². The van der Waals surface area contributed by atoms with Crippen LogP contribution in [0.25, 0.3) is 0 Å². The lowest BCUT2D eigenvalue weighted by Gasteiger charge is -2.38. The van der Waals surface area contributed by atoms with Gasteiger partial charge in [-0.25, -0.2) is 15.0 Å². The third-order valence-electron chi connectivity index (χ3n) is 14.1. The van der Waals surface area contributed by atoms with Gasteiger partial charge in [0.25, 0.3) is 5.91 Å². The number of ether oxygens (including phenoxy) is 2. The number of nitrogens with zero attached hydrogens (tertiary/aromatic N) is 5. The van der Waals surface area contributed by atoms with Crippen LogP contribution < -0.4 is 50.0 Å². The minimum atomic E-state index is -1.34. The molecule has 0 aliphatic carbocycles. The maximum atomic E-state index is 15.2. The Balaban J connectivity index is 0.0000164. The highest BCUT2D eigenvalue weighted by Gasteiger charge is 2.67. The molecule has 0 spiro atoms. The monoisotopic (exact) mass is 1230 g/mol. The summed E-state index contributed by atoms with van der Waals surface area (Å²) >= 11 is 0. The zero-order chi connectivity index (χ0) is 56.2. The number of nitrogens with one attached hydrogen (secondary N) is 4. The summed E-state index contributed by atoms with van der Waals surface area (Å²) in [5.74, 6) is -2.23. The highest BCUT2D eigenvalue weighted by atomic mass is 35.5. The predicted octanol–water partition coefficient (Wildman–Crippen LogP) is 4.99. The molecular weight excluding hydrogens is 1140 g/mol. The van der Waals surface area contributed by atoms with Gasteiger partial charge in [-0.3, -0.25) is 34.7 Å². The Morgan fingerprint density at radius 2 is 1.15 bits per heavy atom. The minimum Gasteiger partial charge on any atom is -0.456 e. The summed E-state index contributed by atoms with van der Waals surface area (Å²) in [5, 5.41) is 11.0. The van der Waals surface area contributed by atoms with Crippen LogP contribution in [0.3, 0.4) is 0 Å². The first-order valence-corrected chi connectivity index (χ1v) is 28.6. The number of hydrogen-bond acceptors (Lipinski definition) is 15. The molecule has 4 rings (SSSR count). The van der Waals surface area contributed by atoms with Crippen molar-refractivity contribution < 1.29 is 42.7 Å². The van der Waals surface area contributed by atoms with Crippen molar-refractivity contribution in [2.75, 3.05) is 72.0 Å². The number of guanidine groups is 2. The molecule has 2 unspecified atom stereocenters. The van der Waals surface area contributed by atoms with Gasteiger partial charge in [0, 0.05) is 52.0 Å². The van der Waals surface area contributed by atoms with E-state index in [2.05, 4.69) is 31.4 Å². The number of imide groups is 1. The number of amides is 5. The second-order valence-electron chi connectivity index (χ2n) is 20.1. The molecular formula is C56H97Cl4N14O8+. The van der Waals surface area contributed by atoms with Crippen molar-refractivity contribution >= 4 is 97.2 Å². The Kier molecular flexibility index (Phi) is 42.8. The van der Waals surface area contributed by atoms with E-state index in [9.17, 15) is 14.4 Å². The molecule has 466 valence electrons. The number of rotatable bonds is 38. The van der Waals surface area contributed by atoms with E-state index in [0.29, 0.717) is 122 Å². The molecule has 2 aromatic rings. The largest absolute Gasteiger partial charge is 0.525 e. The van der Waals surface area contributed by atoms with E-state index in [0.717, 1.165) is 70.1 Å². The first-order chi connectivity index (χ1) is 37.9. The van der Waals surface area contributed by atoms with Crippen molar-refractivity contribution in [1.29, 1.82) is 0 Å². The van der Waals surface area contributed by atoms with E-state index in [1.165, 1.54) is 5.01 Å². The van der Waals surface area contributed by atoms with Gasteiger partial charge < -0.3 is 53.7 Å². The van der Waals surface area contributed by atoms with E-state index in [1.54, 1.807) is 17.0 Å². The molecule has 2 aliphatic heterocycles. The molecule has 2 fully saturated rings. The molecule has 2 heterocycles. The summed E-state index contributed by atoms with van der Waals surface area (Å²) in [6, 6.07) is 15.0. The number of esters is 1. The second kappa shape index (κ2) is 45.5. The first-order valence-electron chi connectivity index (χ1n) is 28.6. The number of nitrogens with two attached hydrogens (primary N) is 5. The fraction of sp³-hybridized carbons (Fsp3) is 0.643. The zero-order valence-corrected chi connectivity index (χ0v) is 51.1. The Morgan fingerprint density at radius 3 is 1.77 bits per heavy atom. The van der Waals surface area contributed by atoms with E-state index in [1.807, 2.05) is 48.5 Å². The van der Waals surface area contributed by atoms with Crippen LogP contribution in [0.2, 0.25) is 0 Å². The van der Waals surface area contributed by atoms with Gasteiger partial charge in [-0.2, -0.15) is 4.79 Å². The van der Waals surface area contributed by atoms with Crippen LogP contribution in [-0.4, -0.2) is 152 Å². The normalized spacial score (nSPS) is 17.2. The maximum Gasteiger partial charge on any atom is 0.525 e. The van der Waals surface area contributed by atoms with Crippen molar-refractivity contribution in [3.05, 3.63) is 71.8 Å². The smallest absolute Gasteiger partial charge is 0.456 e. The number of halogens is 4. The molecule has 0 aromatic heterocycles. The van der Waals surface area contributed by atoms with E-state index >= 15 is 14.4 Å². The summed E-state index contributed by atoms with van der Waals surface area (Å²) in [6.45, 7) is 6.10. The average Bonchev–Trinajstić information content (AvgIpc) is 4.28. The average molecular weight is 1240 g/mol. The van der Waals surface area contributed by atoms with Crippen LogP contribution in [0.15, 0.2) is 70.6 Å². The molecule has 22 nitrogen and oxygen atoms in total. The molecule has 0 saturated carbocycles. The Morgan fingerprint density at radius 1 is 0.598 bits per heavy atom. The molecule has 26 heteroatoms. The number of hydrogen-bond donors (Lipinski definition) is 9. The molecule has 0 radical (unpaired) electrons. The number of hydrazine groups is 1. The number of unbranched alkanes of at least 4 members (excludes halogenated alkanes) is 8. The van der Waals surface area contributed by atoms with Gasteiger partial charge in [0.1, 0.15) is 19.3 Å².